The van der Waals surface area contributed by atoms with Crippen LogP contribution in [0.25, 0.3) is 0 Å². The molecule has 0 unspecified atom stereocenters. The molecule has 0 aliphatic heterocycles. The first-order chi connectivity index (χ1) is 3.81. The first-order valence-corrected chi connectivity index (χ1v) is 2.21. The molecule has 0 aliphatic rings. The highest BCUT2D eigenvalue weighted by atomic mass is 16.5. The van der Waals surface area contributed by atoms with Gasteiger partial charge in [-0.3, -0.25) is 0 Å². The predicted octanol–water partition coefficient (Wildman–Crippen LogP) is -0.216. The van der Waals surface area contributed by atoms with Gasteiger partial charge in [0.1, 0.15) is 6.61 Å². The minimum atomic E-state index is -0.501. The Morgan fingerprint density at radius 2 is 2.50 bits per heavy atom. The minimum Gasteiger partial charge on any atom is -0.461 e. The van der Waals surface area contributed by atoms with Gasteiger partial charge in [-0.2, -0.15) is 0 Å². The predicted molar refractivity (Wildman–Crippen MR) is 28.2 cm³/mol. The molecule has 44 valence electrons. The Morgan fingerprint density at radius 1 is 1.88 bits per heavy atom. The molecule has 0 N–H and O–H groups in total. The Labute approximate surface area is 48.1 Å². The van der Waals surface area contributed by atoms with E-state index in [0.717, 1.165) is 6.08 Å². The average molecular weight is 113 g/mol. The number of hydrogen-bond donors (Lipinski definition) is 0. The number of ether oxygens (including phenoxy) is 1. The number of rotatable bonds is 3. The maximum Gasteiger partial charge on any atom is 0.330 e. The molecule has 0 atom stereocenters. The highest BCUT2D eigenvalue weighted by molar-refractivity contribution is 5.81. The Morgan fingerprint density at radius 3 is 2.88 bits per heavy atom. The van der Waals surface area contributed by atoms with Gasteiger partial charge in [-0.1, -0.05) is 6.58 Å². The van der Waals surface area contributed by atoms with Crippen LogP contribution < -0.4 is 5.73 Å². The summed E-state index contributed by atoms with van der Waals surface area (Å²) in [6.45, 7) is 3.06. The molecule has 0 bridgehead atoms. The Balaban J connectivity index is 3.11. The van der Waals surface area contributed by atoms with E-state index in [9.17, 15) is 4.79 Å². The molecule has 3 heteroatoms. The molecule has 0 aromatic rings. The largest absolute Gasteiger partial charge is 0.461 e. The lowest BCUT2D eigenvalue weighted by Gasteiger charge is -1.93. The third-order valence-corrected chi connectivity index (χ3v) is 0.502. The lowest BCUT2D eigenvalue weighted by atomic mass is 10.6. The van der Waals surface area contributed by atoms with Crippen molar-refractivity contribution in [3.8, 4) is 0 Å². The van der Waals surface area contributed by atoms with Crippen LogP contribution in [0.1, 0.15) is 0 Å². The molecule has 8 heavy (non-hydrogen) atoms. The summed E-state index contributed by atoms with van der Waals surface area (Å²) in [5.74, 6) is -0.501. The molecule has 0 heterocycles. The van der Waals surface area contributed by atoms with Gasteiger partial charge in [-0.25, -0.2) is 4.79 Å². The monoisotopic (exact) mass is 113 g/mol. The summed E-state index contributed by atoms with van der Waals surface area (Å²) < 4.78 is 4.33. The smallest absolute Gasteiger partial charge is 0.330 e. The Bertz CT molecular complexity index is 90.4. The van der Waals surface area contributed by atoms with Gasteiger partial charge in [0.2, 0.25) is 0 Å². The first kappa shape index (κ1) is 7.17. The zero-order valence-corrected chi connectivity index (χ0v) is 4.46. The van der Waals surface area contributed by atoms with Crippen molar-refractivity contribution in [2.45, 2.75) is 0 Å². The number of nitrogens with zero attached hydrogens (tertiary/aromatic N) is 1. The van der Waals surface area contributed by atoms with Crippen molar-refractivity contribution in [2.75, 3.05) is 13.2 Å². The van der Waals surface area contributed by atoms with Crippen molar-refractivity contribution in [3.63, 3.8) is 0 Å². The highest BCUT2D eigenvalue weighted by Crippen LogP contribution is 1.75. The van der Waals surface area contributed by atoms with Crippen LogP contribution in [0.5, 0.6) is 0 Å². The van der Waals surface area contributed by atoms with E-state index >= 15 is 0 Å². The summed E-state index contributed by atoms with van der Waals surface area (Å²) in [6.07, 6.45) is 1.05. The van der Waals surface area contributed by atoms with Gasteiger partial charge in [0.05, 0.1) is 6.54 Å². The molecule has 0 saturated carbocycles. The summed E-state index contributed by atoms with van der Waals surface area (Å²) in [4.78, 5) is 10.1. The Kier molecular flexibility index (Phi) is 3.88. The van der Waals surface area contributed by atoms with Crippen molar-refractivity contribution < 1.29 is 9.53 Å². The van der Waals surface area contributed by atoms with Crippen LogP contribution in [0.4, 0.5) is 0 Å². The van der Waals surface area contributed by atoms with E-state index in [-0.39, 0.29) is 13.2 Å². The lowest BCUT2D eigenvalue weighted by Crippen LogP contribution is -2.05. The van der Waals surface area contributed by atoms with E-state index in [0.29, 0.717) is 0 Å². The fourth-order valence-corrected chi connectivity index (χ4v) is 0.205. The van der Waals surface area contributed by atoms with Crippen LogP contribution >= 0.6 is 0 Å². The van der Waals surface area contributed by atoms with E-state index in [4.69, 9.17) is 5.73 Å². The van der Waals surface area contributed by atoms with Crippen LogP contribution in [0.3, 0.4) is 0 Å². The van der Waals surface area contributed by atoms with Gasteiger partial charge >= 0.3 is 5.97 Å². The fourth-order valence-electron chi connectivity index (χ4n) is 0.205. The zero-order valence-electron chi connectivity index (χ0n) is 4.46. The molecule has 3 nitrogen and oxygen atoms in total. The van der Waals surface area contributed by atoms with Gasteiger partial charge in [0.25, 0.3) is 0 Å². The summed E-state index contributed by atoms with van der Waals surface area (Å²) >= 11 is 0. The number of carbonyl (C=O) groups is 1. The number of esters is 1. The van der Waals surface area contributed by atoms with E-state index in [1.165, 1.54) is 0 Å². The third-order valence-electron chi connectivity index (χ3n) is 0.502. The minimum absolute atomic E-state index is 0.0465. The van der Waals surface area contributed by atoms with Crippen LogP contribution in [-0.2, 0) is 9.53 Å². The third kappa shape index (κ3) is 3.36. The van der Waals surface area contributed by atoms with E-state index in [2.05, 4.69) is 11.3 Å². The van der Waals surface area contributed by atoms with Gasteiger partial charge < -0.3 is 4.74 Å². The zero-order chi connectivity index (χ0) is 6.41. The molecular formula is C5H7NO2. The van der Waals surface area contributed by atoms with Gasteiger partial charge in [0, 0.05) is 6.08 Å². The summed E-state index contributed by atoms with van der Waals surface area (Å²) in [7, 11) is 0. The standard InChI is InChI=1S/C5H7NO2/c1-2-5(7)8-4-3-6/h2H,1,3-4H2. The number of hydrogen-bond acceptors (Lipinski definition) is 2. The lowest BCUT2D eigenvalue weighted by molar-refractivity contribution is -0.137. The average Bonchev–Trinajstić information content (AvgIpc) is 1.83. The fraction of sp³-hybridized carbons (Fsp3) is 0.400. The van der Waals surface area contributed by atoms with E-state index in [1.807, 2.05) is 0 Å². The van der Waals surface area contributed by atoms with Crippen molar-refractivity contribution in [3.05, 3.63) is 12.7 Å². The van der Waals surface area contributed by atoms with Gasteiger partial charge in [-0.05, 0) is 0 Å². The molecule has 0 rings (SSSR count). The van der Waals surface area contributed by atoms with Gasteiger partial charge in [-0.15, -0.1) is 5.73 Å². The quantitative estimate of drug-likeness (QED) is 0.375. The topological polar surface area (TPSA) is 48.6 Å². The van der Waals surface area contributed by atoms with Gasteiger partial charge in [0.15, 0.2) is 0 Å². The molecule has 0 spiro atoms. The molecule has 0 aromatic carbocycles. The van der Waals surface area contributed by atoms with E-state index in [1.54, 1.807) is 0 Å². The normalized spacial score (nSPS) is 8.12. The van der Waals surface area contributed by atoms with Crippen molar-refractivity contribution in [1.82, 2.24) is 5.73 Å². The molecule has 0 amide bonds. The van der Waals surface area contributed by atoms with Crippen molar-refractivity contribution in [1.29, 1.82) is 0 Å². The molecular weight excluding hydrogens is 106 g/mol. The second kappa shape index (κ2) is 4.33. The van der Waals surface area contributed by atoms with E-state index < -0.39 is 5.97 Å². The molecule has 0 fully saturated rings. The SMILES string of the molecule is C=CC(=O)OCC[N]. The second-order valence-electron chi connectivity index (χ2n) is 1.10. The summed E-state index contributed by atoms with van der Waals surface area (Å²) in [6, 6.07) is 0. The molecule has 0 saturated heterocycles. The van der Waals surface area contributed by atoms with Crippen molar-refractivity contribution in [2.24, 2.45) is 0 Å². The molecule has 2 radical (unpaired) electrons. The maximum atomic E-state index is 10.1. The van der Waals surface area contributed by atoms with Crippen LogP contribution in [0, 0.1) is 0 Å². The molecule has 0 aromatic heterocycles. The second-order valence-corrected chi connectivity index (χ2v) is 1.10. The number of carbonyl (C=O) groups excluding carboxylic acids is 1. The summed E-state index contributed by atoms with van der Waals surface area (Å²) in [5, 5.41) is 0. The highest BCUT2D eigenvalue weighted by Gasteiger charge is 1.90. The van der Waals surface area contributed by atoms with Crippen LogP contribution in [0.15, 0.2) is 12.7 Å². The van der Waals surface area contributed by atoms with Crippen LogP contribution in [0.2, 0.25) is 0 Å². The summed E-state index contributed by atoms with van der Waals surface area (Å²) in [5.41, 5.74) is 8.10. The molecule has 0 aliphatic carbocycles. The van der Waals surface area contributed by atoms with Crippen LogP contribution in [-0.4, -0.2) is 19.1 Å². The maximum absolute atomic E-state index is 10.1. The van der Waals surface area contributed by atoms with Crippen molar-refractivity contribution >= 4 is 5.97 Å². The first-order valence-electron chi connectivity index (χ1n) is 2.21. The Hall–Kier alpha value is -0.830.